The maximum Gasteiger partial charge on any atom is 0.246 e. The minimum Gasteiger partial charge on any atom is -0.493 e. The van der Waals surface area contributed by atoms with E-state index in [9.17, 15) is 4.79 Å². The molecule has 1 aliphatic carbocycles. The number of nitrogens with zero attached hydrogens (tertiary/aromatic N) is 3. The Labute approximate surface area is 168 Å². The van der Waals surface area contributed by atoms with Crippen LogP contribution >= 0.6 is 0 Å². The van der Waals surface area contributed by atoms with E-state index >= 15 is 0 Å². The molecule has 154 valence electrons. The van der Waals surface area contributed by atoms with Gasteiger partial charge in [-0.1, -0.05) is 12.8 Å². The minimum absolute atomic E-state index is 0.0585. The number of ether oxygens (including phenoxy) is 2. The monoisotopic (exact) mass is 387 g/mol. The first-order valence-electron chi connectivity index (χ1n) is 10.3. The Hall–Kier alpha value is -2.08. The molecule has 0 radical (unpaired) electrons. The highest BCUT2D eigenvalue weighted by Crippen LogP contribution is 2.39. The molecule has 2 aliphatic rings. The Morgan fingerprint density at radius 1 is 1.07 bits per heavy atom. The number of benzene rings is 1. The maximum absolute atomic E-state index is 13.1. The molecule has 2 atom stereocenters. The lowest BCUT2D eigenvalue weighted by atomic mass is 9.73. The number of hydrazone groups is 1. The number of amides is 1. The van der Waals surface area contributed by atoms with Crippen molar-refractivity contribution in [1.29, 1.82) is 0 Å². The number of unbranched alkanes of at least 4 members (excludes halogenated alkanes) is 1. The normalized spacial score (nSPS) is 22.1. The highest BCUT2D eigenvalue weighted by atomic mass is 16.5. The summed E-state index contributed by atoms with van der Waals surface area (Å²) < 4.78 is 10.9. The summed E-state index contributed by atoms with van der Waals surface area (Å²) >= 11 is 0. The standard InChI is InChI=1S/C22H33N3O3/c1-24(2)13-7-8-14-25-22(26)18-10-6-5-9-17(18)21(23-25)16-11-12-19(27-3)20(15-16)28-4/h11-12,15,17-18H,5-10,13-14H2,1-4H3/t17-,18+/m0/s1. The van der Waals surface area contributed by atoms with Gasteiger partial charge in [0.1, 0.15) is 0 Å². The van der Waals surface area contributed by atoms with Gasteiger partial charge in [0.15, 0.2) is 11.5 Å². The lowest BCUT2D eigenvalue weighted by molar-refractivity contribution is -0.139. The van der Waals surface area contributed by atoms with Gasteiger partial charge < -0.3 is 14.4 Å². The fourth-order valence-corrected chi connectivity index (χ4v) is 4.32. The molecule has 0 aromatic heterocycles. The van der Waals surface area contributed by atoms with E-state index in [-0.39, 0.29) is 17.7 Å². The van der Waals surface area contributed by atoms with E-state index in [0.717, 1.165) is 56.3 Å². The van der Waals surface area contributed by atoms with Gasteiger partial charge >= 0.3 is 0 Å². The second kappa shape index (κ2) is 9.41. The van der Waals surface area contributed by atoms with Crippen LogP contribution in [0, 0.1) is 11.8 Å². The highest BCUT2D eigenvalue weighted by molar-refractivity contribution is 6.07. The Morgan fingerprint density at radius 3 is 2.46 bits per heavy atom. The van der Waals surface area contributed by atoms with Crippen LogP contribution in [0.3, 0.4) is 0 Å². The molecule has 1 fully saturated rings. The molecule has 1 aromatic carbocycles. The van der Waals surface area contributed by atoms with Crippen LogP contribution in [0.4, 0.5) is 0 Å². The molecule has 0 saturated heterocycles. The van der Waals surface area contributed by atoms with E-state index in [1.165, 1.54) is 0 Å². The van der Waals surface area contributed by atoms with Crippen LogP contribution < -0.4 is 9.47 Å². The van der Waals surface area contributed by atoms with Gasteiger partial charge in [0.05, 0.1) is 19.9 Å². The molecule has 3 rings (SSSR count). The smallest absolute Gasteiger partial charge is 0.246 e. The number of carbonyl (C=O) groups is 1. The summed E-state index contributed by atoms with van der Waals surface area (Å²) in [5.74, 6) is 1.88. The average molecular weight is 388 g/mol. The molecular weight excluding hydrogens is 354 g/mol. The summed E-state index contributed by atoms with van der Waals surface area (Å²) in [6.07, 6.45) is 6.29. The number of rotatable bonds is 8. The Kier molecular flexibility index (Phi) is 6.94. The molecule has 1 aliphatic heterocycles. The third-order valence-corrected chi connectivity index (χ3v) is 5.82. The number of carbonyl (C=O) groups excluding carboxylic acids is 1. The molecule has 0 spiro atoms. The van der Waals surface area contributed by atoms with Gasteiger partial charge in [-0.05, 0) is 64.5 Å². The first kappa shape index (κ1) is 20.6. The van der Waals surface area contributed by atoms with Crippen LogP contribution in [0.15, 0.2) is 23.3 Å². The predicted octanol–water partition coefficient (Wildman–Crippen LogP) is 3.40. The summed E-state index contributed by atoms with van der Waals surface area (Å²) in [6.45, 7) is 1.72. The van der Waals surface area contributed by atoms with Crippen LogP contribution in [-0.2, 0) is 4.79 Å². The zero-order valence-electron chi connectivity index (χ0n) is 17.6. The van der Waals surface area contributed by atoms with Crippen LogP contribution in [0.25, 0.3) is 0 Å². The molecule has 1 saturated carbocycles. The van der Waals surface area contributed by atoms with E-state index in [0.29, 0.717) is 18.0 Å². The molecule has 0 bridgehead atoms. The molecule has 6 nitrogen and oxygen atoms in total. The van der Waals surface area contributed by atoms with E-state index in [4.69, 9.17) is 14.6 Å². The van der Waals surface area contributed by atoms with Crippen molar-refractivity contribution in [2.75, 3.05) is 41.4 Å². The number of methoxy groups -OCH3 is 2. The predicted molar refractivity (Wildman–Crippen MR) is 111 cm³/mol. The third-order valence-electron chi connectivity index (χ3n) is 5.82. The van der Waals surface area contributed by atoms with Gasteiger partial charge in [-0.15, -0.1) is 0 Å². The Balaban J connectivity index is 1.87. The minimum atomic E-state index is 0.0585. The average Bonchev–Trinajstić information content (AvgIpc) is 2.72. The summed E-state index contributed by atoms with van der Waals surface area (Å²) in [5.41, 5.74) is 2.05. The van der Waals surface area contributed by atoms with Gasteiger partial charge in [0.2, 0.25) is 5.91 Å². The second-order valence-electron chi connectivity index (χ2n) is 8.02. The number of fused-ring (bicyclic) bond motifs is 1. The third kappa shape index (κ3) is 4.49. The zero-order chi connectivity index (χ0) is 20.1. The number of hydrogen-bond acceptors (Lipinski definition) is 5. The van der Waals surface area contributed by atoms with Crippen molar-refractivity contribution in [2.24, 2.45) is 16.9 Å². The first-order valence-corrected chi connectivity index (χ1v) is 10.3. The second-order valence-corrected chi connectivity index (χ2v) is 8.02. The lowest BCUT2D eigenvalue weighted by Crippen LogP contribution is -2.46. The fourth-order valence-electron chi connectivity index (χ4n) is 4.32. The van der Waals surface area contributed by atoms with Crippen molar-refractivity contribution in [3.63, 3.8) is 0 Å². The van der Waals surface area contributed by atoms with Gasteiger partial charge in [0, 0.05) is 23.9 Å². The van der Waals surface area contributed by atoms with Crippen molar-refractivity contribution in [3.05, 3.63) is 23.8 Å². The van der Waals surface area contributed by atoms with Crippen LogP contribution in [0.1, 0.15) is 44.1 Å². The van der Waals surface area contributed by atoms with Gasteiger partial charge in [-0.3, -0.25) is 4.79 Å². The molecule has 1 heterocycles. The zero-order valence-corrected chi connectivity index (χ0v) is 17.6. The molecule has 0 unspecified atom stereocenters. The van der Waals surface area contributed by atoms with Gasteiger partial charge in [-0.25, -0.2) is 5.01 Å². The Morgan fingerprint density at radius 2 is 1.79 bits per heavy atom. The van der Waals surface area contributed by atoms with E-state index in [1.54, 1.807) is 19.2 Å². The molecule has 1 amide bonds. The summed E-state index contributed by atoms with van der Waals surface area (Å²) in [6, 6.07) is 5.95. The summed E-state index contributed by atoms with van der Waals surface area (Å²) in [5, 5.41) is 6.59. The van der Waals surface area contributed by atoms with Crippen LogP contribution in [0.2, 0.25) is 0 Å². The molecule has 1 aromatic rings. The number of hydrogen-bond donors (Lipinski definition) is 0. The van der Waals surface area contributed by atoms with Crippen molar-refractivity contribution in [1.82, 2.24) is 9.91 Å². The van der Waals surface area contributed by atoms with Crippen LogP contribution in [0.5, 0.6) is 11.5 Å². The van der Waals surface area contributed by atoms with Gasteiger partial charge in [0.25, 0.3) is 0 Å². The van der Waals surface area contributed by atoms with Crippen molar-refractivity contribution in [2.45, 2.75) is 38.5 Å². The summed E-state index contributed by atoms with van der Waals surface area (Å²) in [7, 11) is 7.44. The molecule has 28 heavy (non-hydrogen) atoms. The highest BCUT2D eigenvalue weighted by Gasteiger charge is 2.41. The topological polar surface area (TPSA) is 54.4 Å². The van der Waals surface area contributed by atoms with E-state index < -0.39 is 0 Å². The molecule has 6 heteroatoms. The SMILES string of the molecule is COc1ccc(C2=NN(CCCCN(C)C)C(=O)[C@@H]3CCCC[C@H]23)cc1OC. The fraction of sp³-hybridized carbons (Fsp3) is 0.636. The van der Waals surface area contributed by atoms with Gasteiger partial charge in [-0.2, -0.15) is 5.10 Å². The van der Waals surface area contributed by atoms with Crippen molar-refractivity contribution >= 4 is 11.6 Å². The van der Waals surface area contributed by atoms with E-state index in [2.05, 4.69) is 19.0 Å². The molecule has 0 N–H and O–H groups in total. The van der Waals surface area contributed by atoms with Crippen molar-refractivity contribution in [3.8, 4) is 11.5 Å². The maximum atomic E-state index is 13.1. The Bertz CT molecular complexity index is 717. The summed E-state index contributed by atoms with van der Waals surface area (Å²) in [4.78, 5) is 15.2. The quantitative estimate of drug-likeness (QED) is 0.642. The largest absolute Gasteiger partial charge is 0.493 e. The van der Waals surface area contributed by atoms with Crippen molar-refractivity contribution < 1.29 is 14.3 Å². The van der Waals surface area contributed by atoms with E-state index in [1.807, 2.05) is 18.2 Å². The van der Waals surface area contributed by atoms with Crippen LogP contribution in [-0.4, -0.2) is 62.9 Å². The lowest BCUT2D eigenvalue weighted by Gasteiger charge is -2.38. The first-order chi connectivity index (χ1) is 13.5. The molecular formula is C22H33N3O3.